The molecule has 0 aliphatic heterocycles. The van der Waals surface area contributed by atoms with Gasteiger partial charge in [-0.2, -0.15) is 0 Å². The molecule has 1 amide bonds. The number of aliphatic hydroxyl groups excluding tert-OH is 1. The number of carbonyl (C=O) groups is 2. The van der Waals surface area contributed by atoms with Gasteiger partial charge in [0.2, 0.25) is 0 Å². The van der Waals surface area contributed by atoms with Crippen molar-refractivity contribution < 1.29 is 19.8 Å². The van der Waals surface area contributed by atoms with Crippen molar-refractivity contribution in [1.29, 1.82) is 0 Å². The SMILES string of the molecule is O=C(N[C@@H](CO)C(=O)O)c1ccc2c(c1)CCCC2. The molecule has 1 aromatic rings. The lowest BCUT2D eigenvalue weighted by Crippen LogP contribution is -2.43. The summed E-state index contributed by atoms with van der Waals surface area (Å²) in [5.74, 6) is -1.70. The molecule has 2 rings (SSSR count). The monoisotopic (exact) mass is 263 g/mol. The van der Waals surface area contributed by atoms with Crippen molar-refractivity contribution in [2.45, 2.75) is 31.7 Å². The summed E-state index contributed by atoms with van der Waals surface area (Å²) in [6, 6.07) is 4.19. The zero-order valence-electron chi connectivity index (χ0n) is 10.6. The highest BCUT2D eigenvalue weighted by molar-refractivity contribution is 5.96. The van der Waals surface area contributed by atoms with Gasteiger partial charge in [0.1, 0.15) is 0 Å². The van der Waals surface area contributed by atoms with Crippen LogP contribution in [0.3, 0.4) is 0 Å². The van der Waals surface area contributed by atoms with Gasteiger partial charge in [-0.15, -0.1) is 0 Å². The molecule has 102 valence electrons. The Kier molecular flexibility index (Phi) is 4.16. The maximum Gasteiger partial charge on any atom is 0.328 e. The minimum atomic E-state index is -1.26. The van der Waals surface area contributed by atoms with E-state index in [1.54, 1.807) is 6.07 Å². The van der Waals surface area contributed by atoms with Gasteiger partial charge in [0, 0.05) is 5.56 Å². The largest absolute Gasteiger partial charge is 0.480 e. The Morgan fingerprint density at radius 3 is 2.53 bits per heavy atom. The van der Waals surface area contributed by atoms with Crippen LogP contribution in [0, 0.1) is 0 Å². The summed E-state index contributed by atoms with van der Waals surface area (Å²) in [5, 5.41) is 20.0. The smallest absolute Gasteiger partial charge is 0.328 e. The first-order valence-corrected chi connectivity index (χ1v) is 6.38. The predicted molar refractivity (Wildman–Crippen MR) is 69.1 cm³/mol. The summed E-state index contributed by atoms with van der Waals surface area (Å²) in [6.45, 7) is -0.619. The Balaban J connectivity index is 2.13. The van der Waals surface area contributed by atoms with E-state index < -0.39 is 24.5 Å². The maximum atomic E-state index is 11.9. The second-order valence-electron chi connectivity index (χ2n) is 4.74. The highest BCUT2D eigenvalue weighted by Crippen LogP contribution is 2.22. The van der Waals surface area contributed by atoms with E-state index >= 15 is 0 Å². The molecule has 19 heavy (non-hydrogen) atoms. The molecule has 0 saturated carbocycles. The Morgan fingerprint density at radius 1 is 1.21 bits per heavy atom. The molecule has 0 aromatic heterocycles. The molecule has 0 radical (unpaired) electrons. The highest BCUT2D eigenvalue weighted by atomic mass is 16.4. The summed E-state index contributed by atoms with van der Waals surface area (Å²) in [4.78, 5) is 22.7. The second-order valence-corrected chi connectivity index (χ2v) is 4.74. The van der Waals surface area contributed by atoms with E-state index in [1.165, 1.54) is 12.0 Å². The number of aliphatic hydroxyl groups is 1. The summed E-state index contributed by atoms with van der Waals surface area (Å²) in [5.41, 5.74) is 2.87. The van der Waals surface area contributed by atoms with E-state index in [-0.39, 0.29) is 0 Å². The van der Waals surface area contributed by atoms with Crippen LogP contribution in [0.2, 0.25) is 0 Å². The van der Waals surface area contributed by atoms with E-state index in [9.17, 15) is 9.59 Å². The van der Waals surface area contributed by atoms with E-state index in [0.717, 1.165) is 24.8 Å². The summed E-state index contributed by atoms with van der Waals surface area (Å²) in [7, 11) is 0. The zero-order valence-corrected chi connectivity index (χ0v) is 10.6. The van der Waals surface area contributed by atoms with Gasteiger partial charge >= 0.3 is 5.97 Å². The lowest BCUT2D eigenvalue weighted by molar-refractivity contribution is -0.140. The Bertz CT molecular complexity index is 498. The van der Waals surface area contributed by atoms with Crippen LogP contribution in [-0.2, 0) is 17.6 Å². The maximum absolute atomic E-state index is 11.9. The predicted octanol–water partition coefficient (Wildman–Crippen LogP) is 0.741. The summed E-state index contributed by atoms with van der Waals surface area (Å²) in [6.07, 6.45) is 4.28. The molecule has 0 unspecified atom stereocenters. The Hall–Kier alpha value is -1.88. The number of hydrogen-bond acceptors (Lipinski definition) is 3. The molecule has 0 saturated heterocycles. The van der Waals surface area contributed by atoms with Gasteiger partial charge in [-0.1, -0.05) is 6.07 Å². The first-order valence-electron chi connectivity index (χ1n) is 6.38. The molecule has 0 fully saturated rings. The second kappa shape index (κ2) is 5.84. The van der Waals surface area contributed by atoms with E-state index in [2.05, 4.69) is 5.32 Å². The van der Waals surface area contributed by atoms with Gasteiger partial charge in [0.05, 0.1) is 6.61 Å². The first kappa shape index (κ1) is 13.5. The van der Waals surface area contributed by atoms with Gasteiger partial charge in [-0.25, -0.2) is 4.79 Å². The molecule has 5 heteroatoms. The normalized spacial score (nSPS) is 15.4. The standard InChI is InChI=1S/C14H17NO4/c16-8-12(14(18)19)15-13(17)11-6-5-9-3-1-2-4-10(9)7-11/h5-7,12,16H,1-4,8H2,(H,15,17)(H,18,19)/t12-/m0/s1. The number of benzene rings is 1. The van der Waals surface area contributed by atoms with Crippen molar-refractivity contribution in [2.24, 2.45) is 0 Å². The van der Waals surface area contributed by atoms with Crippen LogP contribution in [0.25, 0.3) is 0 Å². The number of carboxylic acid groups (broad SMARTS) is 1. The van der Waals surface area contributed by atoms with Gasteiger partial charge in [0.25, 0.3) is 5.91 Å². The number of aliphatic carboxylic acids is 1. The third-order valence-corrected chi connectivity index (χ3v) is 3.40. The van der Waals surface area contributed by atoms with Crippen molar-refractivity contribution in [2.75, 3.05) is 6.61 Å². The van der Waals surface area contributed by atoms with E-state index in [4.69, 9.17) is 10.2 Å². The van der Waals surface area contributed by atoms with Crippen LogP contribution >= 0.6 is 0 Å². The molecule has 1 aliphatic rings. The molecule has 1 atom stereocenters. The number of nitrogens with one attached hydrogen (secondary N) is 1. The third-order valence-electron chi connectivity index (χ3n) is 3.40. The number of hydrogen-bond donors (Lipinski definition) is 3. The Morgan fingerprint density at radius 2 is 1.89 bits per heavy atom. The van der Waals surface area contributed by atoms with Crippen molar-refractivity contribution in [3.63, 3.8) is 0 Å². The summed E-state index contributed by atoms with van der Waals surface area (Å²) < 4.78 is 0. The van der Waals surface area contributed by atoms with Crippen molar-refractivity contribution in [1.82, 2.24) is 5.32 Å². The molecule has 3 N–H and O–H groups in total. The third kappa shape index (κ3) is 3.12. The van der Waals surface area contributed by atoms with Gasteiger partial charge < -0.3 is 15.5 Å². The van der Waals surface area contributed by atoms with E-state index in [0.29, 0.717) is 5.56 Å². The number of fused-ring (bicyclic) bond motifs is 1. The molecule has 1 aliphatic carbocycles. The van der Waals surface area contributed by atoms with Crippen LogP contribution in [0.15, 0.2) is 18.2 Å². The average Bonchev–Trinajstić information content (AvgIpc) is 2.43. The minimum absolute atomic E-state index is 0.445. The number of carboxylic acids is 1. The molecule has 1 aromatic carbocycles. The quantitative estimate of drug-likeness (QED) is 0.748. The van der Waals surface area contributed by atoms with Crippen molar-refractivity contribution in [3.8, 4) is 0 Å². The van der Waals surface area contributed by atoms with Gasteiger partial charge in [-0.05, 0) is 48.9 Å². The summed E-state index contributed by atoms with van der Waals surface area (Å²) >= 11 is 0. The van der Waals surface area contributed by atoms with Crippen LogP contribution in [-0.4, -0.2) is 34.7 Å². The molecule has 0 heterocycles. The van der Waals surface area contributed by atoms with Crippen LogP contribution in [0.5, 0.6) is 0 Å². The van der Waals surface area contributed by atoms with Crippen molar-refractivity contribution in [3.05, 3.63) is 34.9 Å². The van der Waals surface area contributed by atoms with Crippen LogP contribution in [0.4, 0.5) is 0 Å². The number of amides is 1. The number of aryl methyl sites for hydroxylation is 2. The van der Waals surface area contributed by atoms with Crippen LogP contribution in [0.1, 0.15) is 34.3 Å². The van der Waals surface area contributed by atoms with Crippen molar-refractivity contribution >= 4 is 11.9 Å². The molecule has 5 nitrogen and oxygen atoms in total. The van der Waals surface area contributed by atoms with Gasteiger partial charge in [-0.3, -0.25) is 4.79 Å². The average molecular weight is 263 g/mol. The fourth-order valence-electron chi connectivity index (χ4n) is 2.30. The number of rotatable bonds is 4. The fraction of sp³-hybridized carbons (Fsp3) is 0.429. The van der Waals surface area contributed by atoms with Crippen LogP contribution < -0.4 is 5.32 Å². The topological polar surface area (TPSA) is 86.6 Å². The zero-order chi connectivity index (χ0) is 13.8. The highest BCUT2D eigenvalue weighted by Gasteiger charge is 2.20. The fourth-order valence-corrected chi connectivity index (χ4v) is 2.30. The molecule has 0 spiro atoms. The molecular weight excluding hydrogens is 246 g/mol. The lowest BCUT2D eigenvalue weighted by atomic mass is 9.90. The number of carbonyl (C=O) groups excluding carboxylic acids is 1. The lowest BCUT2D eigenvalue weighted by Gasteiger charge is -2.17. The molecular formula is C14H17NO4. The first-order chi connectivity index (χ1) is 9.11. The van der Waals surface area contributed by atoms with E-state index in [1.807, 2.05) is 12.1 Å². The van der Waals surface area contributed by atoms with Gasteiger partial charge in [0.15, 0.2) is 6.04 Å². The Labute approximate surface area is 111 Å². The molecule has 0 bridgehead atoms. The minimum Gasteiger partial charge on any atom is -0.480 e.